The van der Waals surface area contributed by atoms with Crippen molar-refractivity contribution >= 4 is 29.1 Å². The van der Waals surface area contributed by atoms with E-state index in [2.05, 4.69) is 5.32 Å². The Hall–Kier alpha value is -1.75. The van der Waals surface area contributed by atoms with Gasteiger partial charge in [-0.1, -0.05) is 18.5 Å². The zero-order valence-electron chi connectivity index (χ0n) is 13.8. The molecule has 0 aromatic heterocycles. The predicted molar refractivity (Wildman–Crippen MR) is 91.0 cm³/mol. The minimum absolute atomic E-state index is 0.0337. The van der Waals surface area contributed by atoms with Crippen LogP contribution in [0.4, 0.5) is 5.69 Å². The largest absolute Gasteiger partial charge is 0.495 e. The van der Waals surface area contributed by atoms with Crippen molar-refractivity contribution in [1.29, 1.82) is 0 Å². The van der Waals surface area contributed by atoms with Crippen LogP contribution in [0, 0.1) is 12.8 Å². The minimum Gasteiger partial charge on any atom is -0.495 e. The number of aryl methyl sites for hydroxylation is 1. The van der Waals surface area contributed by atoms with E-state index in [9.17, 15) is 9.59 Å². The van der Waals surface area contributed by atoms with Crippen molar-refractivity contribution in [2.24, 2.45) is 5.92 Å². The van der Waals surface area contributed by atoms with Gasteiger partial charge in [-0.2, -0.15) is 0 Å². The van der Waals surface area contributed by atoms with Crippen molar-refractivity contribution in [2.75, 3.05) is 25.5 Å². The second kappa shape index (κ2) is 7.68. The Labute approximate surface area is 141 Å². The molecule has 0 bridgehead atoms. The minimum atomic E-state index is -0.0865. The lowest BCUT2D eigenvalue weighted by molar-refractivity contribution is -0.134. The number of ether oxygens (including phenoxy) is 1. The van der Waals surface area contributed by atoms with Crippen molar-refractivity contribution < 1.29 is 14.3 Å². The van der Waals surface area contributed by atoms with E-state index in [1.165, 1.54) is 0 Å². The van der Waals surface area contributed by atoms with Crippen molar-refractivity contribution in [3.05, 3.63) is 22.7 Å². The molecule has 1 saturated heterocycles. The second-order valence-electron chi connectivity index (χ2n) is 5.80. The Balaban J connectivity index is 2.01. The van der Waals surface area contributed by atoms with Crippen LogP contribution in [-0.4, -0.2) is 36.9 Å². The van der Waals surface area contributed by atoms with Gasteiger partial charge in [-0.05, 0) is 31.4 Å². The summed E-state index contributed by atoms with van der Waals surface area (Å²) in [5.41, 5.74) is 1.51. The van der Waals surface area contributed by atoms with Gasteiger partial charge in [-0.25, -0.2) is 0 Å². The quantitative estimate of drug-likeness (QED) is 0.916. The Morgan fingerprint density at radius 3 is 2.57 bits per heavy atom. The van der Waals surface area contributed by atoms with E-state index in [1.807, 2.05) is 24.8 Å². The first-order chi connectivity index (χ1) is 11.0. The highest BCUT2D eigenvalue weighted by Gasteiger charge is 2.27. The maximum atomic E-state index is 12.5. The second-order valence-corrected chi connectivity index (χ2v) is 6.21. The molecule has 1 aromatic carbocycles. The third kappa shape index (κ3) is 4.16. The van der Waals surface area contributed by atoms with E-state index >= 15 is 0 Å². The summed E-state index contributed by atoms with van der Waals surface area (Å²) in [6.45, 7) is 5.02. The van der Waals surface area contributed by atoms with E-state index in [0.717, 1.165) is 5.56 Å². The van der Waals surface area contributed by atoms with Gasteiger partial charge in [-0.15, -0.1) is 0 Å². The Morgan fingerprint density at radius 2 is 2.00 bits per heavy atom. The molecule has 126 valence electrons. The van der Waals surface area contributed by atoms with Gasteiger partial charge in [0.25, 0.3) is 0 Å². The summed E-state index contributed by atoms with van der Waals surface area (Å²) in [4.78, 5) is 26.0. The number of rotatable bonds is 4. The average Bonchev–Trinajstić information content (AvgIpc) is 2.57. The molecule has 1 heterocycles. The molecule has 1 aliphatic heterocycles. The smallest absolute Gasteiger partial charge is 0.227 e. The first-order valence-electron chi connectivity index (χ1n) is 7.89. The molecule has 1 N–H and O–H groups in total. The highest BCUT2D eigenvalue weighted by molar-refractivity contribution is 6.31. The van der Waals surface area contributed by atoms with Crippen LogP contribution in [0.2, 0.25) is 5.02 Å². The van der Waals surface area contributed by atoms with E-state index < -0.39 is 0 Å². The Morgan fingerprint density at radius 1 is 1.35 bits per heavy atom. The van der Waals surface area contributed by atoms with Crippen LogP contribution in [0.15, 0.2) is 12.1 Å². The third-order valence-corrected chi connectivity index (χ3v) is 4.67. The zero-order valence-corrected chi connectivity index (χ0v) is 14.6. The highest BCUT2D eigenvalue weighted by atomic mass is 35.5. The summed E-state index contributed by atoms with van der Waals surface area (Å²) in [5.74, 6) is 0.580. The fourth-order valence-electron chi connectivity index (χ4n) is 2.78. The number of carbonyl (C=O) groups is 2. The number of likely N-dealkylation sites (tertiary alicyclic amines) is 1. The Kier molecular flexibility index (Phi) is 5.88. The fraction of sp³-hybridized carbons (Fsp3) is 0.529. The number of amides is 2. The lowest BCUT2D eigenvalue weighted by atomic mass is 9.95. The zero-order chi connectivity index (χ0) is 17.0. The standard InChI is InChI=1S/C17H23ClN2O3/c1-4-16(21)20-7-5-12(6-8-20)17(22)19-14-9-11(2)13(18)10-15(14)23-3/h9-10,12H,4-8H2,1-3H3,(H,19,22). The van der Waals surface area contributed by atoms with Gasteiger partial charge in [0, 0.05) is 36.5 Å². The number of hydrogen-bond donors (Lipinski definition) is 1. The number of piperidine rings is 1. The number of nitrogens with one attached hydrogen (secondary N) is 1. The summed E-state index contributed by atoms with van der Waals surface area (Å²) in [5, 5.41) is 3.53. The first-order valence-corrected chi connectivity index (χ1v) is 8.26. The summed E-state index contributed by atoms with van der Waals surface area (Å²) in [7, 11) is 1.55. The molecule has 6 heteroatoms. The highest BCUT2D eigenvalue weighted by Crippen LogP contribution is 2.32. The average molecular weight is 339 g/mol. The van der Waals surface area contributed by atoms with Gasteiger partial charge < -0.3 is 15.0 Å². The molecule has 2 rings (SSSR count). The normalized spacial score (nSPS) is 15.4. The molecule has 1 aromatic rings. The molecule has 0 spiro atoms. The summed E-state index contributed by atoms with van der Waals surface area (Å²) >= 11 is 6.08. The number of halogens is 1. The Bertz CT molecular complexity index is 596. The molecule has 1 aliphatic rings. The number of benzene rings is 1. The maximum absolute atomic E-state index is 12.5. The number of methoxy groups -OCH3 is 1. The van der Waals surface area contributed by atoms with Crippen LogP contribution in [0.5, 0.6) is 5.75 Å². The SMILES string of the molecule is CCC(=O)N1CCC(C(=O)Nc2cc(C)c(Cl)cc2OC)CC1. The van der Waals surface area contributed by atoms with Gasteiger partial charge in [0.05, 0.1) is 12.8 Å². The lowest BCUT2D eigenvalue weighted by Gasteiger charge is -2.31. The van der Waals surface area contributed by atoms with Crippen LogP contribution in [0.1, 0.15) is 31.7 Å². The molecule has 0 saturated carbocycles. The van der Waals surface area contributed by atoms with Crippen LogP contribution < -0.4 is 10.1 Å². The maximum Gasteiger partial charge on any atom is 0.227 e. The topological polar surface area (TPSA) is 58.6 Å². The van der Waals surface area contributed by atoms with Gasteiger partial charge in [0.1, 0.15) is 5.75 Å². The number of anilines is 1. The summed E-state index contributed by atoms with van der Waals surface area (Å²) in [6.07, 6.45) is 1.89. The van der Waals surface area contributed by atoms with Gasteiger partial charge in [0.15, 0.2) is 0 Å². The van der Waals surface area contributed by atoms with Crippen molar-refractivity contribution in [1.82, 2.24) is 4.90 Å². The number of carbonyl (C=O) groups excluding carboxylic acids is 2. The van der Waals surface area contributed by atoms with E-state index in [1.54, 1.807) is 13.2 Å². The van der Waals surface area contributed by atoms with Gasteiger partial charge in [-0.3, -0.25) is 9.59 Å². The van der Waals surface area contributed by atoms with Gasteiger partial charge >= 0.3 is 0 Å². The van der Waals surface area contributed by atoms with Crippen LogP contribution in [-0.2, 0) is 9.59 Å². The molecule has 0 radical (unpaired) electrons. The first kappa shape index (κ1) is 17.6. The van der Waals surface area contributed by atoms with E-state index in [4.69, 9.17) is 16.3 Å². The molecular weight excluding hydrogens is 316 g/mol. The molecule has 5 nitrogen and oxygen atoms in total. The molecule has 0 unspecified atom stereocenters. The van der Waals surface area contributed by atoms with Crippen LogP contribution in [0.25, 0.3) is 0 Å². The molecular formula is C17H23ClN2O3. The third-order valence-electron chi connectivity index (χ3n) is 4.26. The molecule has 0 aliphatic carbocycles. The molecule has 0 atom stereocenters. The van der Waals surface area contributed by atoms with Crippen LogP contribution >= 0.6 is 11.6 Å². The summed E-state index contributed by atoms with van der Waals surface area (Å²) < 4.78 is 5.28. The predicted octanol–water partition coefficient (Wildman–Crippen LogP) is 3.24. The molecule has 1 fully saturated rings. The van der Waals surface area contributed by atoms with Crippen LogP contribution in [0.3, 0.4) is 0 Å². The van der Waals surface area contributed by atoms with Crippen molar-refractivity contribution in [2.45, 2.75) is 33.1 Å². The molecule has 2 amide bonds. The van der Waals surface area contributed by atoms with Crippen molar-refractivity contribution in [3.63, 3.8) is 0 Å². The molecule has 23 heavy (non-hydrogen) atoms. The fourth-order valence-corrected chi connectivity index (χ4v) is 2.93. The lowest BCUT2D eigenvalue weighted by Crippen LogP contribution is -2.41. The monoisotopic (exact) mass is 338 g/mol. The summed E-state index contributed by atoms with van der Waals surface area (Å²) in [6, 6.07) is 3.52. The van der Waals surface area contributed by atoms with Crippen molar-refractivity contribution in [3.8, 4) is 5.75 Å². The number of hydrogen-bond acceptors (Lipinski definition) is 3. The van der Waals surface area contributed by atoms with Gasteiger partial charge in [0.2, 0.25) is 11.8 Å². The van der Waals surface area contributed by atoms with E-state index in [-0.39, 0.29) is 17.7 Å². The number of nitrogens with zero attached hydrogens (tertiary/aromatic N) is 1. The van der Waals surface area contributed by atoms with E-state index in [0.29, 0.717) is 48.8 Å².